The second-order valence-electron chi connectivity index (χ2n) is 8.84. The predicted octanol–water partition coefficient (Wildman–Crippen LogP) is 6.11. The van der Waals surface area contributed by atoms with Gasteiger partial charge in [0.05, 0.1) is 24.7 Å². The average Bonchev–Trinajstić information content (AvgIpc) is 2.79. The number of hydrogen-bond donors (Lipinski definition) is 1. The number of aromatic nitrogens is 2. The second-order valence-corrected chi connectivity index (χ2v) is 11.3. The summed E-state index contributed by atoms with van der Waals surface area (Å²) in [5.41, 5.74) is 1.39. The van der Waals surface area contributed by atoms with Crippen LogP contribution in [-0.4, -0.2) is 39.7 Å². The van der Waals surface area contributed by atoms with E-state index in [9.17, 15) is 13.0 Å². The van der Waals surface area contributed by atoms with Gasteiger partial charge >= 0.3 is 0 Å². The van der Waals surface area contributed by atoms with Gasteiger partial charge in [0.15, 0.2) is 0 Å². The van der Waals surface area contributed by atoms with Crippen LogP contribution in [0.3, 0.4) is 0 Å². The number of pyridine rings is 2. The Balaban J connectivity index is 1.78. The van der Waals surface area contributed by atoms with Gasteiger partial charge in [0.1, 0.15) is 29.0 Å². The zero-order valence-corrected chi connectivity index (χ0v) is 21.4. The number of ether oxygens (including phenoxy) is 2. The molecule has 1 N–H and O–H groups in total. The van der Waals surface area contributed by atoms with E-state index in [0.717, 1.165) is 24.6 Å². The summed E-state index contributed by atoms with van der Waals surface area (Å²) in [6.07, 6.45) is 4.87. The highest BCUT2D eigenvalue weighted by Gasteiger charge is 2.17. The fraction of sp³-hybridized carbons (Fsp3) is 0.385. The first kappa shape index (κ1) is 25.8. The van der Waals surface area contributed by atoms with Gasteiger partial charge < -0.3 is 14.8 Å². The summed E-state index contributed by atoms with van der Waals surface area (Å²) >= 11 is 0. The number of anilines is 2. The van der Waals surface area contributed by atoms with Crippen molar-refractivity contribution >= 4 is 21.4 Å². The standard InChI is InChI=1S/C26H30F2N4O3S/c1-4-30-36(3,33)16-18-11-25-31-24-14-21(22(28)15-29-24)20-9-8-19(27)13-23(20)34-10-6-5-7-17(2)35-26(12-18)32-25/h8-9,11-15,17H,4-7,10,16H2,1-3H3,(H,29,31,32)/t17-,36+/m0/s1. The minimum atomic E-state index is -2.43. The van der Waals surface area contributed by atoms with E-state index < -0.39 is 21.4 Å². The smallest absolute Gasteiger partial charge is 0.215 e. The van der Waals surface area contributed by atoms with Crippen LogP contribution in [0.15, 0.2) is 47.0 Å². The summed E-state index contributed by atoms with van der Waals surface area (Å²) in [5.74, 6) is 0.601. The number of hydrogen-bond acceptors (Lipinski definition) is 7. The average molecular weight is 517 g/mol. The molecular formula is C26H30F2N4O3S. The molecule has 3 heterocycles. The first-order chi connectivity index (χ1) is 17.2. The number of fused-ring (bicyclic) bond motifs is 6. The van der Waals surface area contributed by atoms with Crippen LogP contribution in [-0.2, 0) is 15.5 Å². The van der Waals surface area contributed by atoms with E-state index in [2.05, 4.69) is 19.6 Å². The lowest BCUT2D eigenvalue weighted by molar-refractivity contribution is 0.194. The van der Waals surface area contributed by atoms with Crippen LogP contribution in [0.2, 0.25) is 0 Å². The van der Waals surface area contributed by atoms with Crippen molar-refractivity contribution in [2.75, 3.05) is 24.7 Å². The molecule has 36 heavy (non-hydrogen) atoms. The largest absolute Gasteiger partial charge is 0.493 e. The number of rotatable bonds is 3. The van der Waals surface area contributed by atoms with Crippen molar-refractivity contribution < 1.29 is 22.5 Å². The SMILES string of the molecule is CCN=[S@](C)(=O)Cc1cc2nc(c1)O[C@@H](C)CCCCOc1cc(F)ccc1-c1cc(ncc1F)N2. The van der Waals surface area contributed by atoms with E-state index in [1.807, 2.05) is 13.8 Å². The van der Waals surface area contributed by atoms with Crippen molar-refractivity contribution in [1.82, 2.24) is 9.97 Å². The molecule has 7 nitrogen and oxygen atoms in total. The van der Waals surface area contributed by atoms with Crippen molar-refractivity contribution in [2.45, 2.75) is 45.0 Å². The van der Waals surface area contributed by atoms with Crippen molar-refractivity contribution in [3.8, 4) is 22.8 Å². The number of nitrogens with zero attached hydrogens (tertiary/aromatic N) is 3. The summed E-state index contributed by atoms with van der Waals surface area (Å²) in [7, 11) is -2.43. The van der Waals surface area contributed by atoms with E-state index in [1.165, 1.54) is 24.3 Å². The van der Waals surface area contributed by atoms with Gasteiger partial charge in [-0.05, 0) is 62.9 Å². The van der Waals surface area contributed by atoms with E-state index in [-0.39, 0.29) is 23.2 Å². The molecule has 2 aromatic heterocycles. The molecule has 4 rings (SSSR count). The van der Waals surface area contributed by atoms with Crippen LogP contribution in [0.1, 0.15) is 38.7 Å². The van der Waals surface area contributed by atoms with Gasteiger partial charge in [-0.3, -0.25) is 0 Å². The van der Waals surface area contributed by atoms with E-state index in [0.29, 0.717) is 42.7 Å². The molecule has 0 amide bonds. The van der Waals surface area contributed by atoms with Crippen molar-refractivity contribution in [2.24, 2.45) is 4.36 Å². The molecule has 0 fully saturated rings. The van der Waals surface area contributed by atoms with Crippen LogP contribution in [0, 0.1) is 11.6 Å². The van der Waals surface area contributed by atoms with Gasteiger partial charge in [-0.2, -0.15) is 4.98 Å². The topological polar surface area (TPSA) is 85.7 Å². The van der Waals surface area contributed by atoms with Crippen LogP contribution in [0.4, 0.5) is 20.4 Å². The zero-order valence-electron chi connectivity index (χ0n) is 20.6. The molecule has 192 valence electrons. The highest BCUT2D eigenvalue weighted by Crippen LogP contribution is 2.34. The molecule has 0 radical (unpaired) electrons. The first-order valence-electron chi connectivity index (χ1n) is 11.9. The predicted molar refractivity (Wildman–Crippen MR) is 137 cm³/mol. The van der Waals surface area contributed by atoms with Crippen LogP contribution in [0.25, 0.3) is 11.1 Å². The molecule has 0 saturated carbocycles. The fourth-order valence-electron chi connectivity index (χ4n) is 4.06. The molecule has 10 heteroatoms. The Hall–Kier alpha value is -3.27. The maximum absolute atomic E-state index is 14.8. The Morgan fingerprint density at radius 2 is 1.97 bits per heavy atom. The maximum Gasteiger partial charge on any atom is 0.215 e. The van der Waals surface area contributed by atoms with E-state index in [1.54, 1.807) is 18.4 Å². The van der Waals surface area contributed by atoms with Gasteiger partial charge in [-0.1, -0.05) is 0 Å². The Kier molecular flexibility index (Phi) is 8.03. The first-order valence-corrected chi connectivity index (χ1v) is 14.0. The lowest BCUT2D eigenvalue weighted by Crippen LogP contribution is -2.14. The zero-order chi connectivity index (χ0) is 25.7. The van der Waals surface area contributed by atoms with Crippen LogP contribution < -0.4 is 14.8 Å². The minimum Gasteiger partial charge on any atom is -0.493 e. The molecule has 2 atom stereocenters. The third kappa shape index (κ3) is 6.69. The molecule has 1 aliphatic rings. The normalized spacial score (nSPS) is 17.5. The van der Waals surface area contributed by atoms with Crippen molar-refractivity contribution in [3.63, 3.8) is 0 Å². The lowest BCUT2D eigenvalue weighted by Gasteiger charge is -2.18. The molecule has 0 saturated heterocycles. The number of halogens is 2. The van der Waals surface area contributed by atoms with Crippen molar-refractivity contribution in [3.05, 3.63) is 59.8 Å². The van der Waals surface area contributed by atoms with Gasteiger partial charge in [-0.25, -0.2) is 22.3 Å². The van der Waals surface area contributed by atoms with Gasteiger partial charge in [0, 0.05) is 45.8 Å². The number of nitrogens with one attached hydrogen (secondary N) is 1. The summed E-state index contributed by atoms with van der Waals surface area (Å²) in [4.78, 5) is 8.70. The summed E-state index contributed by atoms with van der Waals surface area (Å²) in [6.45, 7) is 4.62. The highest BCUT2D eigenvalue weighted by molar-refractivity contribution is 7.92. The van der Waals surface area contributed by atoms with Crippen LogP contribution in [0.5, 0.6) is 11.6 Å². The molecule has 1 aliphatic heterocycles. The van der Waals surface area contributed by atoms with E-state index >= 15 is 0 Å². The van der Waals surface area contributed by atoms with E-state index in [4.69, 9.17) is 9.47 Å². The fourth-order valence-corrected chi connectivity index (χ4v) is 5.48. The molecule has 3 aromatic rings. The van der Waals surface area contributed by atoms with Gasteiger partial charge in [0.2, 0.25) is 5.88 Å². The minimum absolute atomic E-state index is 0.125. The third-order valence-electron chi connectivity index (χ3n) is 5.63. The highest BCUT2D eigenvalue weighted by atomic mass is 32.2. The Morgan fingerprint density at radius 3 is 2.78 bits per heavy atom. The van der Waals surface area contributed by atoms with Gasteiger partial charge in [-0.15, -0.1) is 0 Å². The molecular weight excluding hydrogens is 486 g/mol. The number of benzene rings is 1. The summed E-state index contributed by atoms with van der Waals surface area (Å²) in [5, 5.41) is 3.10. The Morgan fingerprint density at radius 1 is 1.14 bits per heavy atom. The second kappa shape index (κ2) is 11.2. The Bertz CT molecular complexity index is 1360. The molecule has 1 aromatic carbocycles. The molecule has 4 bridgehead atoms. The lowest BCUT2D eigenvalue weighted by atomic mass is 10.0. The third-order valence-corrected chi connectivity index (χ3v) is 7.30. The molecule has 0 aliphatic carbocycles. The monoisotopic (exact) mass is 516 g/mol. The Labute approximate surface area is 210 Å². The molecule has 0 unspecified atom stereocenters. The maximum atomic E-state index is 14.8. The van der Waals surface area contributed by atoms with Gasteiger partial charge in [0.25, 0.3) is 0 Å². The summed E-state index contributed by atoms with van der Waals surface area (Å²) < 4.78 is 57.8. The van der Waals surface area contributed by atoms with Crippen LogP contribution >= 0.6 is 0 Å². The van der Waals surface area contributed by atoms with Crippen molar-refractivity contribution in [1.29, 1.82) is 0 Å². The summed E-state index contributed by atoms with van der Waals surface area (Å²) in [6, 6.07) is 9.08. The molecule has 0 spiro atoms. The quantitative estimate of drug-likeness (QED) is 0.452.